The predicted molar refractivity (Wildman–Crippen MR) is 232 cm³/mol. The molecule has 6 heteroatoms. The lowest BCUT2D eigenvalue weighted by atomic mass is 10.0. The summed E-state index contributed by atoms with van der Waals surface area (Å²) in [7, 11) is 0. The molecule has 54 heavy (non-hydrogen) atoms. The van der Waals surface area contributed by atoms with Gasteiger partial charge in [0, 0.05) is 6.42 Å². The molecule has 6 nitrogen and oxygen atoms in total. The number of aliphatic hydroxyl groups is 2. The van der Waals surface area contributed by atoms with E-state index < -0.39 is 18.2 Å². The lowest BCUT2D eigenvalue weighted by Gasteiger charge is -2.24. The number of amides is 1. The molecule has 3 unspecified atom stereocenters. The van der Waals surface area contributed by atoms with Crippen molar-refractivity contribution in [1.29, 1.82) is 0 Å². The van der Waals surface area contributed by atoms with Crippen LogP contribution < -0.4 is 5.32 Å². The average molecular weight is 764 g/mol. The summed E-state index contributed by atoms with van der Waals surface area (Å²) in [6.07, 6.45) is 45.7. The Morgan fingerprint density at radius 3 is 1.31 bits per heavy atom. The Hall–Kier alpha value is -1.40. The van der Waals surface area contributed by atoms with Gasteiger partial charge in [-0.15, -0.1) is 0 Å². The van der Waals surface area contributed by atoms with Crippen molar-refractivity contribution in [2.45, 2.75) is 277 Å². The average Bonchev–Trinajstić information content (AvgIpc) is 3.16. The maximum atomic E-state index is 13.1. The van der Waals surface area contributed by atoms with E-state index in [1.54, 1.807) is 0 Å². The number of aliphatic hydroxyl groups excluding tert-OH is 2. The first-order chi connectivity index (χ1) is 26.5. The molecule has 0 saturated carbocycles. The molecule has 3 atom stereocenters. The highest BCUT2D eigenvalue weighted by Crippen LogP contribution is 2.18. The molecule has 0 aliphatic carbocycles. The summed E-state index contributed by atoms with van der Waals surface area (Å²) in [5.41, 5.74) is 0. The molecule has 1 amide bonds. The molecule has 320 valence electrons. The smallest absolute Gasteiger partial charge is 0.306 e. The first-order valence-corrected chi connectivity index (χ1v) is 23.9. The quantitative estimate of drug-likeness (QED) is 0.0326. The van der Waals surface area contributed by atoms with Gasteiger partial charge in [0.2, 0.25) is 5.91 Å². The third kappa shape index (κ3) is 37.5. The summed E-state index contributed by atoms with van der Waals surface area (Å²) in [6.45, 7) is 6.45. The van der Waals surface area contributed by atoms with Gasteiger partial charge in [-0.1, -0.05) is 206 Å². The molecule has 0 aromatic carbocycles. The molecule has 0 bridgehead atoms. The van der Waals surface area contributed by atoms with E-state index in [1.165, 1.54) is 161 Å². The molecular weight excluding hydrogens is 671 g/mol. The first kappa shape index (κ1) is 52.6. The van der Waals surface area contributed by atoms with Crippen LogP contribution in [0, 0.1) is 0 Å². The van der Waals surface area contributed by atoms with E-state index in [0.717, 1.165) is 51.4 Å². The van der Waals surface area contributed by atoms with Gasteiger partial charge in [-0.3, -0.25) is 9.59 Å². The Morgan fingerprint density at radius 2 is 0.889 bits per heavy atom. The number of unbranched alkanes of at least 4 members (excludes halogenated alkanes) is 29. The molecule has 3 N–H and O–H groups in total. The summed E-state index contributed by atoms with van der Waals surface area (Å²) in [6, 6.07) is -0.695. The molecule has 0 saturated heterocycles. The van der Waals surface area contributed by atoms with E-state index in [1.807, 2.05) is 0 Å². The fourth-order valence-corrected chi connectivity index (χ4v) is 7.43. The Labute approximate surface area is 336 Å². The Kier molecular flexibility index (Phi) is 41.6. The highest BCUT2D eigenvalue weighted by Gasteiger charge is 2.24. The van der Waals surface area contributed by atoms with Crippen LogP contribution in [0.1, 0.15) is 258 Å². The van der Waals surface area contributed by atoms with Gasteiger partial charge in [-0.05, 0) is 51.4 Å². The van der Waals surface area contributed by atoms with Crippen LogP contribution in [-0.2, 0) is 14.3 Å². The monoisotopic (exact) mass is 764 g/mol. The van der Waals surface area contributed by atoms with Crippen molar-refractivity contribution in [2.75, 3.05) is 6.61 Å². The lowest BCUT2D eigenvalue weighted by Crippen LogP contribution is -2.46. The molecule has 0 heterocycles. The minimum atomic E-state index is -0.782. The van der Waals surface area contributed by atoms with E-state index in [2.05, 4.69) is 38.2 Å². The highest BCUT2D eigenvalue weighted by molar-refractivity contribution is 5.77. The van der Waals surface area contributed by atoms with Gasteiger partial charge in [0.15, 0.2) is 0 Å². The Morgan fingerprint density at radius 1 is 0.519 bits per heavy atom. The number of nitrogens with one attached hydrogen (secondary N) is 1. The van der Waals surface area contributed by atoms with Crippen LogP contribution in [0.15, 0.2) is 12.2 Å². The number of carbonyl (C=O) groups is 2. The second kappa shape index (κ2) is 42.7. The van der Waals surface area contributed by atoms with Gasteiger partial charge in [-0.25, -0.2) is 0 Å². The van der Waals surface area contributed by atoms with E-state index in [4.69, 9.17) is 4.74 Å². The third-order valence-electron chi connectivity index (χ3n) is 11.1. The number of carbonyl (C=O) groups excluding carboxylic acids is 2. The summed E-state index contributed by atoms with van der Waals surface area (Å²) >= 11 is 0. The fourth-order valence-electron chi connectivity index (χ4n) is 7.43. The van der Waals surface area contributed by atoms with E-state index >= 15 is 0 Å². The number of hydrogen-bond acceptors (Lipinski definition) is 5. The van der Waals surface area contributed by atoms with Gasteiger partial charge in [0.05, 0.1) is 25.2 Å². The van der Waals surface area contributed by atoms with Crippen molar-refractivity contribution in [3.63, 3.8) is 0 Å². The normalized spacial score (nSPS) is 13.4. The molecule has 0 aliphatic rings. The lowest BCUT2D eigenvalue weighted by molar-refractivity contribution is -0.151. The van der Waals surface area contributed by atoms with Gasteiger partial charge in [0.25, 0.3) is 0 Å². The summed E-state index contributed by atoms with van der Waals surface area (Å²) in [4.78, 5) is 25.9. The zero-order valence-corrected chi connectivity index (χ0v) is 36.4. The molecule has 0 aliphatic heterocycles. The minimum Gasteiger partial charge on any atom is -0.462 e. The summed E-state index contributed by atoms with van der Waals surface area (Å²) in [5, 5.41) is 23.6. The van der Waals surface area contributed by atoms with Crippen LogP contribution in [0.5, 0.6) is 0 Å². The van der Waals surface area contributed by atoms with E-state index in [0.29, 0.717) is 19.3 Å². The first-order valence-electron chi connectivity index (χ1n) is 23.9. The molecule has 0 radical (unpaired) electrons. The number of rotatable bonds is 43. The van der Waals surface area contributed by atoms with Gasteiger partial charge in [0.1, 0.15) is 6.10 Å². The van der Waals surface area contributed by atoms with Crippen molar-refractivity contribution in [3.8, 4) is 0 Å². The SMILES string of the molecule is CCCCCCCC/C=C\CCCCCC(=O)OC(CCCCCCCCC)CC(=O)NC(CO)C(O)CCCCCCCCCCCCCCCCC. The van der Waals surface area contributed by atoms with Crippen LogP contribution in [-0.4, -0.2) is 46.9 Å². The molecule has 0 fully saturated rings. The van der Waals surface area contributed by atoms with Crippen LogP contribution in [0.25, 0.3) is 0 Å². The van der Waals surface area contributed by atoms with Crippen molar-refractivity contribution in [3.05, 3.63) is 12.2 Å². The highest BCUT2D eigenvalue weighted by atomic mass is 16.5. The zero-order valence-electron chi connectivity index (χ0n) is 36.4. The van der Waals surface area contributed by atoms with E-state index in [-0.39, 0.29) is 24.9 Å². The number of esters is 1. The largest absolute Gasteiger partial charge is 0.462 e. The van der Waals surface area contributed by atoms with Crippen molar-refractivity contribution in [1.82, 2.24) is 5.32 Å². The molecule has 0 spiro atoms. The minimum absolute atomic E-state index is 0.0765. The number of allylic oxidation sites excluding steroid dienone is 2. The van der Waals surface area contributed by atoms with Gasteiger partial charge >= 0.3 is 5.97 Å². The summed E-state index contributed by atoms with van der Waals surface area (Å²) < 4.78 is 5.87. The molecular formula is C48H93NO5. The fraction of sp³-hybridized carbons (Fsp3) is 0.917. The third-order valence-corrected chi connectivity index (χ3v) is 11.1. The second-order valence-corrected chi connectivity index (χ2v) is 16.5. The Balaban J connectivity index is 4.39. The van der Waals surface area contributed by atoms with Crippen LogP contribution in [0.3, 0.4) is 0 Å². The standard InChI is InChI=1S/C48H93NO5/c1-4-7-10-13-16-18-20-22-23-25-26-28-31-34-37-40-46(51)45(43-50)49-47(52)42-44(39-36-33-30-15-12-9-6-3)54-48(53)41-38-35-32-29-27-24-21-19-17-14-11-8-5-2/h24,27,44-46,50-51H,4-23,25-26,28-43H2,1-3H3,(H,49,52)/b27-24-. The van der Waals surface area contributed by atoms with Crippen LogP contribution in [0.2, 0.25) is 0 Å². The van der Waals surface area contributed by atoms with Crippen molar-refractivity contribution in [2.24, 2.45) is 0 Å². The molecule has 0 aromatic rings. The maximum Gasteiger partial charge on any atom is 0.306 e. The van der Waals surface area contributed by atoms with E-state index in [9.17, 15) is 19.8 Å². The molecule has 0 rings (SSSR count). The van der Waals surface area contributed by atoms with Crippen LogP contribution in [0.4, 0.5) is 0 Å². The van der Waals surface area contributed by atoms with Crippen LogP contribution >= 0.6 is 0 Å². The maximum absolute atomic E-state index is 13.1. The second-order valence-electron chi connectivity index (χ2n) is 16.5. The van der Waals surface area contributed by atoms with Gasteiger partial charge in [-0.2, -0.15) is 0 Å². The van der Waals surface area contributed by atoms with Crippen molar-refractivity contribution < 1.29 is 24.5 Å². The summed E-state index contributed by atoms with van der Waals surface area (Å²) in [5.74, 6) is -0.487. The van der Waals surface area contributed by atoms with Crippen molar-refractivity contribution >= 4 is 11.9 Å². The zero-order chi connectivity index (χ0) is 39.6. The predicted octanol–water partition coefficient (Wildman–Crippen LogP) is 13.8. The Bertz CT molecular complexity index is 817. The number of hydrogen-bond donors (Lipinski definition) is 3. The molecule has 0 aromatic heterocycles. The van der Waals surface area contributed by atoms with Gasteiger partial charge < -0.3 is 20.3 Å². The topological polar surface area (TPSA) is 95.9 Å². The number of ether oxygens (including phenoxy) is 1.